The molecular weight excluding hydrogens is 361 g/mol. The van der Waals surface area contributed by atoms with Crippen LogP contribution in [0.2, 0.25) is 10.0 Å². The minimum Gasteiger partial charge on any atom is -0.389 e. The molecule has 6 nitrogen and oxygen atoms in total. The maximum atomic E-state index is 10.1. The molecule has 0 unspecified atom stereocenters. The van der Waals surface area contributed by atoms with Gasteiger partial charge in [0.25, 0.3) is 0 Å². The van der Waals surface area contributed by atoms with Crippen LogP contribution in [-0.4, -0.2) is 43.6 Å². The summed E-state index contributed by atoms with van der Waals surface area (Å²) in [5, 5.41) is 24.2. The molecule has 1 N–H and O–H groups in total. The number of hydrogen-bond acceptors (Lipinski definition) is 5. The quantitative estimate of drug-likeness (QED) is 0.731. The number of nitrogens with zero attached hydrogens (tertiary/aromatic N) is 5. The smallest absolute Gasteiger partial charge is 0.185 e. The van der Waals surface area contributed by atoms with E-state index in [0.717, 1.165) is 11.4 Å². The van der Waals surface area contributed by atoms with Gasteiger partial charge in [-0.1, -0.05) is 23.2 Å². The van der Waals surface area contributed by atoms with Crippen LogP contribution in [0, 0.1) is 0 Å². The van der Waals surface area contributed by atoms with Gasteiger partial charge in [0.15, 0.2) is 11.5 Å². The molecule has 0 saturated heterocycles. The highest BCUT2D eigenvalue weighted by Gasteiger charge is 2.20. The number of halogens is 2. The Morgan fingerprint density at radius 1 is 1.12 bits per heavy atom. The van der Waals surface area contributed by atoms with Crippen LogP contribution in [-0.2, 0) is 0 Å². The van der Waals surface area contributed by atoms with Crippen molar-refractivity contribution in [2.45, 2.75) is 26.4 Å². The van der Waals surface area contributed by atoms with Crippen molar-refractivity contribution in [3.63, 3.8) is 0 Å². The lowest BCUT2D eigenvalue weighted by atomic mass is 10.1. The largest absolute Gasteiger partial charge is 0.389 e. The van der Waals surface area contributed by atoms with Gasteiger partial charge in [-0.2, -0.15) is 4.52 Å². The minimum absolute atomic E-state index is 0.461. The van der Waals surface area contributed by atoms with Gasteiger partial charge in [-0.3, -0.25) is 0 Å². The van der Waals surface area contributed by atoms with E-state index in [0.29, 0.717) is 34.6 Å². The van der Waals surface area contributed by atoms with Crippen LogP contribution in [0.5, 0.6) is 0 Å². The molecule has 0 aliphatic carbocycles. The Kier molecular flexibility index (Phi) is 4.86. The van der Waals surface area contributed by atoms with Crippen LogP contribution in [0.25, 0.3) is 17.0 Å². The lowest BCUT2D eigenvalue weighted by Gasteiger charge is -2.28. The highest BCUT2D eigenvalue weighted by molar-refractivity contribution is 6.35. The van der Waals surface area contributed by atoms with E-state index < -0.39 is 5.60 Å². The maximum absolute atomic E-state index is 10.1. The number of anilines is 1. The zero-order valence-corrected chi connectivity index (χ0v) is 15.8. The molecule has 3 aromatic rings. The van der Waals surface area contributed by atoms with Gasteiger partial charge in [0.1, 0.15) is 5.82 Å². The molecule has 2 heterocycles. The summed E-state index contributed by atoms with van der Waals surface area (Å²) >= 11 is 12.2. The first-order valence-electron chi connectivity index (χ1n) is 7.93. The average Bonchev–Trinajstić information content (AvgIpc) is 2.93. The first-order chi connectivity index (χ1) is 11.8. The van der Waals surface area contributed by atoms with Gasteiger partial charge in [-0.15, -0.1) is 15.3 Å². The Morgan fingerprint density at radius 3 is 2.40 bits per heavy atom. The number of likely N-dealkylation sites (N-methyl/N-ethyl adjacent to an activating group) is 1. The fraction of sp³-hybridized carbons (Fsp3) is 0.353. The van der Waals surface area contributed by atoms with Crippen molar-refractivity contribution in [1.29, 1.82) is 0 Å². The highest BCUT2D eigenvalue weighted by atomic mass is 35.5. The lowest BCUT2D eigenvalue weighted by Crippen LogP contribution is -2.39. The van der Waals surface area contributed by atoms with Gasteiger partial charge in [-0.25, -0.2) is 0 Å². The zero-order chi connectivity index (χ0) is 18.2. The summed E-state index contributed by atoms with van der Waals surface area (Å²) in [4.78, 5) is 1.99. The predicted octanol–water partition coefficient (Wildman–Crippen LogP) is 3.70. The van der Waals surface area contributed by atoms with Gasteiger partial charge in [0.05, 0.1) is 5.60 Å². The van der Waals surface area contributed by atoms with Gasteiger partial charge in [0, 0.05) is 28.7 Å². The summed E-state index contributed by atoms with van der Waals surface area (Å²) < 4.78 is 1.66. The van der Waals surface area contributed by atoms with Crippen molar-refractivity contribution >= 4 is 34.7 Å². The lowest BCUT2D eigenvalue weighted by molar-refractivity contribution is 0.0874. The summed E-state index contributed by atoms with van der Waals surface area (Å²) in [5.41, 5.74) is 0.526. The molecule has 0 amide bonds. The zero-order valence-electron chi connectivity index (χ0n) is 14.2. The third-order valence-electron chi connectivity index (χ3n) is 3.65. The summed E-state index contributed by atoms with van der Waals surface area (Å²) in [6.07, 6.45) is 0. The van der Waals surface area contributed by atoms with E-state index in [4.69, 9.17) is 23.2 Å². The fourth-order valence-electron chi connectivity index (χ4n) is 2.63. The van der Waals surface area contributed by atoms with E-state index in [2.05, 4.69) is 15.3 Å². The van der Waals surface area contributed by atoms with Crippen molar-refractivity contribution in [1.82, 2.24) is 19.8 Å². The van der Waals surface area contributed by atoms with Crippen molar-refractivity contribution in [3.8, 4) is 11.4 Å². The first kappa shape index (κ1) is 17.9. The van der Waals surface area contributed by atoms with Crippen LogP contribution in [0.1, 0.15) is 20.8 Å². The molecule has 0 aliphatic rings. The third kappa shape index (κ3) is 4.03. The van der Waals surface area contributed by atoms with Crippen molar-refractivity contribution in [2.75, 3.05) is 18.0 Å². The van der Waals surface area contributed by atoms with E-state index in [1.165, 1.54) is 0 Å². The van der Waals surface area contributed by atoms with Gasteiger partial charge < -0.3 is 10.0 Å². The Hall–Kier alpha value is -1.89. The number of aliphatic hydroxyl groups is 1. The summed E-state index contributed by atoms with van der Waals surface area (Å²) in [7, 11) is 0. The topological polar surface area (TPSA) is 66.5 Å². The molecule has 25 heavy (non-hydrogen) atoms. The summed E-state index contributed by atoms with van der Waals surface area (Å²) in [5.74, 6) is 1.28. The minimum atomic E-state index is -0.830. The molecule has 3 rings (SSSR count). The maximum Gasteiger partial charge on any atom is 0.185 e. The predicted molar refractivity (Wildman–Crippen MR) is 100 cm³/mol. The van der Waals surface area contributed by atoms with Crippen molar-refractivity contribution < 1.29 is 5.11 Å². The number of aromatic nitrogens is 4. The van der Waals surface area contributed by atoms with Gasteiger partial charge in [0.2, 0.25) is 0 Å². The average molecular weight is 380 g/mol. The Morgan fingerprint density at radius 2 is 1.80 bits per heavy atom. The second kappa shape index (κ2) is 6.78. The molecule has 1 aromatic carbocycles. The van der Waals surface area contributed by atoms with Crippen LogP contribution in [0.4, 0.5) is 5.82 Å². The van der Waals surface area contributed by atoms with Crippen LogP contribution in [0.3, 0.4) is 0 Å². The van der Waals surface area contributed by atoms with E-state index in [1.807, 2.05) is 24.0 Å². The molecule has 0 bridgehead atoms. The Bertz CT molecular complexity index is 883. The fourth-order valence-corrected chi connectivity index (χ4v) is 3.16. The van der Waals surface area contributed by atoms with E-state index >= 15 is 0 Å². The van der Waals surface area contributed by atoms with Crippen molar-refractivity contribution in [3.05, 3.63) is 40.4 Å². The highest BCUT2D eigenvalue weighted by Crippen LogP contribution is 2.26. The number of hydrogen-bond donors (Lipinski definition) is 1. The van der Waals surface area contributed by atoms with Crippen LogP contribution < -0.4 is 4.90 Å². The first-order valence-corrected chi connectivity index (χ1v) is 8.68. The van der Waals surface area contributed by atoms with E-state index in [1.54, 1.807) is 36.6 Å². The number of benzene rings is 1. The molecule has 132 valence electrons. The third-order valence-corrected chi connectivity index (χ3v) is 4.09. The standard InChI is InChI=1S/C17H19Cl2N5O/c1-4-23(10-17(2,3)25)15-6-5-14-20-21-16(24(14)22-15)11-7-12(18)9-13(19)8-11/h5-9,25H,4,10H2,1-3H3. The van der Waals surface area contributed by atoms with Crippen LogP contribution in [0.15, 0.2) is 30.3 Å². The number of fused-ring (bicyclic) bond motifs is 1. The number of rotatable bonds is 5. The molecule has 0 fully saturated rings. The normalized spacial score (nSPS) is 11.9. The molecule has 0 aliphatic heterocycles. The summed E-state index contributed by atoms with van der Waals surface area (Å²) in [6.45, 7) is 6.73. The molecular formula is C17H19Cl2N5O. The second-order valence-corrected chi connectivity index (χ2v) is 7.34. The van der Waals surface area contributed by atoms with Crippen molar-refractivity contribution in [2.24, 2.45) is 0 Å². The second-order valence-electron chi connectivity index (χ2n) is 6.47. The van der Waals surface area contributed by atoms with E-state index in [9.17, 15) is 5.11 Å². The molecule has 0 radical (unpaired) electrons. The monoisotopic (exact) mass is 379 g/mol. The van der Waals surface area contributed by atoms with Gasteiger partial charge in [-0.05, 0) is 51.1 Å². The SMILES string of the molecule is CCN(CC(C)(C)O)c1ccc2nnc(-c3cc(Cl)cc(Cl)c3)n2n1. The van der Waals surface area contributed by atoms with Gasteiger partial charge >= 0.3 is 0 Å². The Balaban J connectivity index is 2.08. The summed E-state index contributed by atoms with van der Waals surface area (Å²) in [6, 6.07) is 8.92. The van der Waals surface area contributed by atoms with E-state index in [-0.39, 0.29) is 0 Å². The van der Waals surface area contributed by atoms with Crippen LogP contribution >= 0.6 is 23.2 Å². The molecule has 2 aromatic heterocycles. The molecule has 0 spiro atoms. The molecule has 0 atom stereocenters. The molecule has 8 heteroatoms. The molecule has 0 saturated carbocycles. The Labute approximate surface area is 156 Å².